The lowest BCUT2D eigenvalue weighted by atomic mass is 10.1. The maximum atomic E-state index is 13.5. The molecule has 164 valence electrons. The monoisotopic (exact) mass is 422 g/mol. The third-order valence-electron chi connectivity index (χ3n) is 3.76. The second-order valence-electron chi connectivity index (χ2n) is 5.65. The fraction of sp³-hybridized carbons (Fsp3) is 0.556. The first-order valence-electron chi connectivity index (χ1n) is 8.79. The fourth-order valence-electron chi connectivity index (χ4n) is 2.42. The third kappa shape index (κ3) is 6.14. The molecule has 8 nitrogen and oxygen atoms in total. The molecule has 0 aliphatic heterocycles. The van der Waals surface area contributed by atoms with Crippen molar-refractivity contribution in [3.8, 4) is 11.5 Å². The molecule has 0 heterocycles. The molecule has 11 heteroatoms. The Kier molecular flexibility index (Phi) is 9.02. The number of carbonyl (C=O) groups excluding carboxylic acids is 2. The van der Waals surface area contributed by atoms with Gasteiger partial charge < -0.3 is 24.3 Å². The lowest BCUT2D eigenvalue weighted by Crippen LogP contribution is -2.67. The Morgan fingerprint density at radius 3 is 2.21 bits per heavy atom. The average Bonchev–Trinajstić information content (AvgIpc) is 2.66. The number of urea groups is 1. The predicted molar refractivity (Wildman–Crippen MR) is 96.8 cm³/mol. The number of benzene rings is 1. The molecule has 2 N–H and O–H groups in total. The first kappa shape index (κ1) is 24.3. The lowest BCUT2D eigenvalue weighted by molar-refractivity contribution is -0.283. The molecule has 1 aromatic rings. The molecule has 0 fully saturated rings. The van der Waals surface area contributed by atoms with E-state index in [1.165, 1.54) is 28.1 Å². The summed E-state index contributed by atoms with van der Waals surface area (Å²) >= 11 is 0. The zero-order valence-electron chi connectivity index (χ0n) is 16.6. The van der Waals surface area contributed by atoms with Crippen molar-refractivity contribution < 1.29 is 41.7 Å². The Balaban J connectivity index is 2.82. The number of esters is 1. The van der Waals surface area contributed by atoms with Gasteiger partial charge in [0, 0.05) is 13.2 Å². The Labute approximate surface area is 166 Å². The summed E-state index contributed by atoms with van der Waals surface area (Å²) in [5, 5.41) is 3.84. The van der Waals surface area contributed by atoms with Gasteiger partial charge in [-0.05, 0) is 38.0 Å². The molecule has 1 atom stereocenters. The summed E-state index contributed by atoms with van der Waals surface area (Å²) in [6, 6.07) is 3.83. The Bertz CT molecular complexity index is 699. The molecule has 0 aromatic heterocycles. The molecular formula is C18H25F3N2O6. The third-order valence-corrected chi connectivity index (χ3v) is 3.76. The smallest absolute Gasteiger partial charge is 0.448 e. The van der Waals surface area contributed by atoms with Gasteiger partial charge in [-0.25, -0.2) is 9.59 Å². The molecule has 0 bridgehead atoms. The molecule has 0 radical (unpaired) electrons. The first-order chi connectivity index (χ1) is 13.6. The van der Waals surface area contributed by atoms with Gasteiger partial charge in [-0.3, -0.25) is 5.32 Å². The van der Waals surface area contributed by atoms with E-state index in [4.69, 9.17) is 9.47 Å². The molecule has 0 aliphatic carbocycles. The van der Waals surface area contributed by atoms with E-state index in [1.807, 2.05) is 0 Å². The summed E-state index contributed by atoms with van der Waals surface area (Å²) in [6.07, 6.45) is -4.93. The van der Waals surface area contributed by atoms with Gasteiger partial charge in [0.1, 0.15) is 0 Å². The first-order valence-corrected chi connectivity index (χ1v) is 8.79. The van der Waals surface area contributed by atoms with E-state index < -0.39 is 30.5 Å². The minimum atomic E-state index is -5.23. The number of carbonyl (C=O) groups is 2. The topological polar surface area (TPSA) is 95.1 Å². The standard InChI is InChI=1S/C18H25F3N2O6/c1-5-28-15(24)17(29-6-2,18(19,20)21)23-16(25)22-10-9-12-7-8-13(26-3)14(11-12)27-4/h7-8,11H,5-6,9-10H2,1-4H3,(H2,22,23,25)/t17-/m0/s1. The highest BCUT2D eigenvalue weighted by atomic mass is 19.4. The summed E-state index contributed by atoms with van der Waals surface area (Å²) in [4.78, 5) is 24.0. The van der Waals surface area contributed by atoms with Gasteiger partial charge in [-0.15, -0.1) is 0 Å². The second-order valence-corrected chi connectivity index (χ2v) is 5.65. The summed E-state index contributed by atoms with van der Waals surface area (Å²) < 4.78 is 60.0. The van der Waals surface area contributed by atoms with Crippen LogP contribution in [0.25, 0.3) is 0 Å². The van der Waals surface area contributed by atoms with Gasteiger partial charge >= 0.3 is 23.9 Å². The number of nitrogens with one attached hydrogen (secondary N) is 2. The number of rotatable bonds is 10. The zero-order chi connectivity index (χ0) is 22.1. The van der Waals surface area contributed by atoms with Crippen molar-refractivity contribution in [2.45, 2.75) is 32.2 Å². The van der Waals surface area contributed by atoms with E-state index in [0.717, 1.165) is 5.56 Å². The minimum absolute atomic E-state index is 0.00972. The van der Waals surface area contributed by atoms with Crippen molar-refractivity contribution in [3.63, 3.8) is 0 Å². The second kappa shape index (κ2) is 10.7. The molecule has 0 spiro atoms. The van der Waals surface area contributed by atoms with Gasteiger partial charge in [0.15, 0.2) is 11.5 Å². The normalized spacial score (nSPS) is 13.2. The summed E-state index contributed by atoms with van der Waals surface area (Å²) in [7, 11) is 2.95. The highest BCUT2D eigenvalue weighted by molar-refractivity contribution is 5.87. The van der Waals surface area contributed by atoms with Crippen molar-refractivity contribution in [3.05, 3.63) is 23.8 Å². The maximum absolute atomic E-state index is 13.5. The molecule has 0 aliphatic rings. The van der Waals surface area contributed by atoms with Crippen LogP contribution in [0.1, 0.15) is 19.4 Å². The quantitative estimate of drug-likeness (QED) is 0.444. The van der Waals surface area contributed by atoms with Crippen LogP contribution < -0.4 is 20.1 Å². The molecule has 1 rings (SSSR count). The van der Waals surface area contributed by atoms with Gasteiger partial charge in [-0.2, -0.15) is 13.2 Å². The number of ether oxygens (including phenoxy) is 4. The van der Waals surface area contributed by atoms with Crippen molar-refractivity contribution in [1.82, 2.24) is 10.6 Å². The van der Waals surface area contributed by atoms with Gasteiger partial charge in [0.2, 0.25) is 0 Å². The zero-order valence-corrected chi connectivity index (χ0v) is 16.6. The van der Waals surface area contributed by atoms with E-state index in [0.29, 0.717) is 17.9 Å². The molecule has 1 aromatic carbocycles. The van der Waals surface area contributed by atoms with E-state index in [9.17, 15) is 22.8 Å². The fourth-order valence-corrected chi connectivity index (χ4v) is 2.42. The molecule has 0 unspecified atom stereocenters. The summed E-state index contributed by atoms with van der Waals surface area (Å²) in [6.45, 7) is 1.80. The van der Waals surface area contributed by atoms with E-state index >= 15 is 0 Å². The van der Waals surface area contributed by atoms with Crippen LogP contribution >= 0.6 is 0 Å². The Hall–Kier alpha value is -2.69. The number of amides is 2. The predicted octanol–water partition coefficient (Wildman–Crippen LogP) is 2.40. The largest absolute Gasteiger partial charge is 0.493 e. The number of hydrogen-bond acceptors (Lipinski definition) is 6. The number of halogens is 3. The van der Waals surface area contributed by atoms with Crippen LogP contribution in [0.2, 0.25) is 0 Å². The van der Waals surface area contributed by atoms with E-state index in [2.05, 4.69) is 14.8 Å². The molecule has 29 heavy (non-hydrogen) atoms. The van der Waals surface area contributed by atoms with Crippen LogP contribution in [-0.4, -0.2) is 57.9 Å². The van der Waals surface area contributed by atoms with Crippen LogP contribution in [0.5, 0.6) is 11.5 Å². The van der Waals surface area contributed by atoms with Gasteiger partial charge in [-0.1, -0.05) is 6.07 Å². The highest BCUT2D eigenvalue weighted by Gasteiger charge is 2.64. The number of methoxy groups -OCH3 is 2. The Morgan fingerprint density at radius 1 is 1.03 bits per heavy atom. The number of hydrogen-bond donors (Lipinski definition) is 2. The number of alkyl halides is 3. The molecule has 0 saturated heterocycles. The summed E-state index contributed by atoms with van der Waals surface area (Å²) in [5.74, 6) is -0.753. The average molecular weight is 422 g/mol. The molecule has 0 saturated carbocycles. The van der Waals surface area contributed by atoms with Crippen LogP contribution in [0.15, 0.2) is 18.2 Å². The van der Waals surface area contributed by atoms with Crippen LogP contribution in [0.4, 0.5) is 18.0 Å². The van der Waals surface area contributed by atoms with Crippen LogP contribution in [0.3, 0.4) is 0 Å². The SMILES string of the molecule is CCOC(=O)[C@](NC(=O)NCCc1ccc(OC)c(OC)c1)(OCC)C(F)(F)F. The van der Waals surface area contributed by atoms with E-state index in [-0.39, 0.29) is 13.2 Å². The maximum Gasteiger partial charge on any atom is 0.448 e. The van der Waals surface area contributed by atoms with Crippen molar-refractivity contribution in [1.29, 1.82) is 0 Å². The van der Waals surface area contributed by atoms with Crippen molar-refractivity contribution in [2.75, 3.05) is 34.0 Å². The Morgan fingerprint density at radius 2 is 1.69 bits per heavy atom. The van der Waals surface area contributed by atoms with Crippen LogP contribution in [0, 0.1) is 0 Å². The lowest BCUT2D eigenvalue weighted by Gasteiger charge is -2.33. The van der Waals surface area contributed by atoms with Crippen molar-refractivity contribution in [2.24, 2.45) is 0 Å². The van der Waals surface area contributed by atoms with Crippen LogP contribution in [-0.2, 0) is 20.7 Å². The molecule has 2 amide bonds. The van der Waals surface area contributed by atoms with E-state index in [1.54, 1.807) is 23.5 Å². The molecular weight excluding hydrogens is 397 g/mol. The minimum Gasteiger partial charge on any atom is -0.493 e. The van der Waals surface area contributed by atoms with Gasteiger partial charge in [0.05, 0.1) is 20.8 Å². The summed E-state index contributed by atoms with van der Waals surface area (Å²) in [5.41, 5.74) is -2.84. The highest BCUT2D eigenvalue weighted by Crippen LogP contribution is 2.33. The van der Waals surface area contributed by atoms with Gasteiger partial charge in [0.25, 0.3) is 0 Å². The van der Waals surface area contributed by atoms with Crippen molar-refractivity contribution >= 4 is 12.0 Å².